The van der Waals surface area contributed by atoms with Crippen molar-refractivity contribution in [3.63, 3.8) is 0 Å². The average Bonchev–Trinajstić information content (AvgIpc) is 2.56. The van der Waals surface area contributed by atoms with Gasteiger partial charge in [-0.05, 0) is 48.9 Å². The fraction of sp³-hybridized carbons (Fsp3) is 0.188. The quantitative estimate of drug-likeness (QED) is 0.565. The SMILES string of the molecule is CCOc1c(Cl)cc(/C=N\Nc2ccc(S(N)(=O)=O)cc2)cc1OC. The second-order valence-electron chi connectivity index (χ2n) is 4.91. The van der Waals surface area contributed by atoms with Crippen molar-refractivity contribution in [3.8, 4) is 11.5 Å². The summed E-state index contributed by atoms with van der Waals surface area (Å²) >= 11 is 6.19. The van der Waals surface area contributed by atoms with Crippen LogP contribution in [0.15, 0.2) is 46.4 Å². The zero-order valence-corrected chi connectivity index (χ0v) is 15.3. The minimum atomic E-state index is -3.71. The van der Waals surface area contributed by atoms with Gasteiger partial charge in [0.25, 0.3) is 0 Å². The Labute approximate surface area is 151 Å². The summed E-state index contributed by atoms with van der Waals surface area (Å²) in [4.78, 5) is 0.0325. The van der Waals surface area contributed by atoms with Crippen molar-refractivity contribution in [2.75, 3.05) is 19.1 Å². The lowest BCUT2D eigenvalue weighted by atomic mass is 10.2. The number of rotatable bonds is 7. The minimum Gasteiger partial charge on any atom is -0.493 e. The van der Waals surface area contributed by atoms with Crippen LogP contribution in [0.2, 0.25) is 5.02 Å². The molecule has 0 unspecified atom stereocenters. The second-order valence-corrected chi connectivity index (χ2v) is 6.88. The number of hydrogen-bond donors (Lipinski definition) is 2. The van der Waals surface area contributed by atoms with Gasteiger partial charge in [-0.3, -0.25) is 5.43 Å². The number of methoxy groups -OCH3 is 1. The number of nitrogens with two attached hydrogens (primary N) is 1. The third kappa shape index (κ3) is 5.09. The maximum Gasteiger partial charge on any atom is 0.238 e. The molecule has 2 rings (SSSR count). The van der Waals surface area contributed by atoms with Gasteiger partial charge in [-0.25, -0.2) is 13.6 Å². The summed E-state index contributed by atoms with van der Waals surface area (Å²) in [6, 6.07) is 9.34. The topological polar surface area (TPSA) is 103 Å². The summed E-state index contributed by atoms with van der Waals surface area (Å²) in [6.07, 6.45) is 1.55. The highest BCUT2D eigenvalue weighted by atomic mass is 35.5. The lowest BCUT2D eigenvalue weighted by Gasteiger charge is -2.11. The number of ether oxygens (including phenoxy) is 2. The van der Waals surface area contributed by atoms with Gasteiger partial charge in [-0.15, -0.1) is 0 Å². The maximum absolute atomic E-state index is 11.2. The van der Waals surface area contributed by atoms with E-state index >= 15 is 0 Å². The van der Waals surface area contributed by atoms with E-state index in [0.717, 1.165) is 0 Å². The Morgan fingerprint density at radius 3 is 2.52 bits per heavy atom. The first kappa shape index (κ1) is 19.0. The molecule has 3 N–H and O–H groups in total. The number of halogens is 1. The van der Waals surface area contributed by atoms with Gasteiger partial charge in [0.1, 0.15) is 0 Å². The molecular weight excluding hydrogens is 366 g/mol. The zero-order chi connectivity index (χ0) is 18.4. The van der Waals surface area contributed by atoms with Gasteiger partial charge < -0.3 is 9.47 Å². The summed E-state index contributed by atoms with van der Waals surface area (Å²) < 4.78 is 33.1. The normalized spacial score (nSPS) is 11.5. The van der Waals surface area contributed by atoms with Crippen LogP contribution in [0.1, 0.15) is 12.5 Å². The Kier molecular flexibility index (Phi) is 6.24. The fourth-order valence-corrected chi connectivity index (χ4v) is 2.79. The van der Waals surface area contributed by atoms with Crippen LogP contribution in [0.3, 0.4) is 0 Å². The molecule has 0 spiro atoms. The van der Waals surface area contributed by atoms with Gasteiger partial charge in [0.2, 0.25) is 10.0 Å². The molecule has 0 amide bonds. The summed E-state index contributed by atoms with van der Waals surface area (Å²) in [5.74, 6) is 0.990. The first-order valence-corrected chi connectivity index (χ1v) is 9.20. The summed E-state index contributed by atoms with van der Waals surface area (Å²) in [6.45, 7) is 2.33. The molecule has 25 heavy (non-hydrogen) atoms. The third-order valence-electron chi connectivity index (χ3n) is 3.13. The van der Waals surface area contributed by atoms with E-state index in [0.29, 0.717) is 34.4 Å². The van der Waals surface area contributed by atoms with Gasteiger partial charge in [-0.1, -0.05) is 11.6 Å². The lowest BCUT2D eigenvalue weighted by molar-refractivity contribution is 0.311. The first-order valence-electron chi connectivity index (χ1n) is 7.27. The molecule has 0 aliphatic carbocycles. The van der Waals surface area contributed by atoms with Crippen LogP contribution < -0.4 is 20.0 Å². The zero-order valence-electron chi connectivity index (χ0n) is 13.7. The molecule has 0 aliphatic rings. The van der Waals surface area contributed by atoms with E-state index < -0.39 is 10.0 Å². The largest absolute Gasteiger partial charge is 0.493 e. The van der Waals surface area contributed by atoms with Crippen LogP contribution in [0.5, 0.6) is 11.5 Å². The predicted octanol–water partition coefficient (Wildman–Crippen LogP) is 2.84. The van der Waals surface area contributed by atoms with Gasteiger partial charge in [0, 0.05) is 0 Å². The lowest BCUT2D eigenvalue weighted by Crippen LogP contribution is -2.11. The molecule has 0 bridgehead atoms. The monoisotopic (exact) mass is 383 g/mol. The van der Waals surface area contributed by atoms with Gasteiger partial charge in [0.05, 0.1) is 35.5 Å². The van der Waals surface area contributed by atoms with Gasteiger partial charge in [-0.2, -0.15) is 5.10 Å². The van der Waals surface area contributed by atoms with E-state index in [2.05, 4.69) is 10.5 Å². The molecule has 9 heteroatoms. The predicted molar refractivity (Wildman–Crippen MR) is 98.2 cm³/mol. The van der Waals surface area contributed by atoms with E-state index in [1.807, 2.05) is 6.92 Å². The Morgan fingerprint density at radius 2 is 1.96 bits per heavy atom. The number of hydrogen-bond acceptors (Lipinski definition) is 6. The van der Waals surface area contributed by atoms with Crippen LogP contribution >= 0.6 is 11.6 Å². The van der Waals surface area contributed by atoms with Crippen LogP contribution in [-0.2, 0) is 10.0 Å². The van der Waals surface area contributed by atoms with Crippen molar-refractivity contribution < 1.29 is 17.9 Å². The summed E-state index contributed by atoms with van der Waals surface area (Å²) in [5.41, 5.74) is 4.10. The number of anilines is 1. The van der Waals surface area contributed by atoms with Crippen molar-refractivity contribution in [2.45, 2.75) is 11.8 Å². The molecular formula is C16H18ClN3O4S. The van der Waals surface area contributed by atoms with E-state index in [4.69, 9.17) is 26.2 Å². The first-order chi connectivity index (χ1) is 11.8. The number of sulfonamides is 1. The number of benzene rings is 2. The van der Waals surface area contributed by atoms with Crippen molar-refractivity contribution in [1.29, 1.82) is 0 Å². The van der Waals surface area contributed by atoms with E-state index in [1.165, 1.54) is 19.2 Å². The smallest absolute Gasteiger partial charge is 0.238 e. The Morgan fingerprint density at radius 1 is 1.28 bits per heavy atom. The molecule has 0 saturated carbocycles. The Bertz CT molecular complexity index is 868. The summed E-state index contributed by atoms with van der Waals surface area (Å²) in [7, 11) is -2.18. The highest BCUT2D eigenvalue weighted by Crippen LogP contribution is 2.36. The molecule has 134 valence electrons. The van der Waals surface area contributed by atoms with Crippen molar-refractivity contribution in [3.05, 3.63) is 47.0 Å². The Balaban J connectivity index is 2.13. The van der Waals surface area contributed by atoms with E-state index in [-0.39, 0.29) is 4.90 Å². The van der Waals surface area contributed by atoms with Crippen molar-refractivity contribution >= 4 is 33.5 Å². The number of hydrazone groups is 1. The number of nitrogens with one attached hydrogen (secondary N) is 1. The molecule has 2 aromatic rings. The van der Waals surface area contributed by atoms with E-state index in [1.54, 1.807) is 30.5 Å². The number of nitrogens with zero attached hydrogens (tertiary/aromatic N) is 1. The van der Waals surface area contributed by atoms with Crippen LogP contribution in [0, 0.1) is 0 Å². The molecule has 0 fully saturated rings. The Hall–Kier alpha value is -2.29. The molecule has 0 radical (unpaired) electrons. The standard InChI is InChI=1S/C16H18ClN3O4S/c1-3-24-16-14(17)8-11(9-15(16)23-2)10-19-20-12-4-6-13(7-5-12)25(18,21)22/h4-10,20H,3H2,1-2H3,(H2,18,21,22)/b19-10-. The van der Waals surface area contributed by atoms with Crippen LogP contribution in [0.4, 0.5) is 5.69 Å². The molecule has 0 aromatic heterocycles. The highest BCUT2D eigenvalue weighted by molar-refractivity contribution is 7.89. The van der Waals surface area contributed by atoms with Crippen molar-refractivity contribution in [1.82, 2.24) is 0 Å². The minimum absolute atomic E-state index is 0.0325. The van der Waals surface area contributed by atoms with Crippen LogP contribution in [0.25, 0.3) is 0 Å². The molecule has 2 aromatic carbocycles. The second kappa shape index (κ2) is 8.19. The molecule has 0 aliphatic heterocycles. The molecule has 0 heterocycles. The van der Waals surface area contributed by atoms with Crippen molar-refractivity contribution in [2.24, 2.45) is 10.2 Å². The fourth-order valence-electron chi connectivity index (χ4n) is 2.00. The molecule has 7 nitrogen and oxygen atoms in total. The van der Waals surface area contributed by atoms with Gasteiger partial charge in [0.15, 0.2) is 11.5 Å². The molecule has 0 atom stereocenters. The third-order valence-corrected chi connectivity index (χ3v) is 4.34. The molecule has 0 saturated heterocycles. The summed E-state index contributed by atoms with van der Waals surface area (Å²) in [5, 5.41) is 9.55. The highest BCUT2D eigenvalue weighted by Gasteiger charge is 2.11. The van der Waals surface area contributed by atoms with E-state index in [9.17, 15) is 8.42 Å². The maximum atomic E-state index is 11.2. The van der Waals surface area contributed by atoms with Crippen LogP contribution in [-0.4, -0.2) is 28.3 Å². The average molecular weight is 384 g/mol. The number of primary sulfonamides is 1. The van der Waals surface area contributed by atoms with Gasteiger partial charge >= 0.3 is 0 Å².